The van der Waals surface area contributed by atoms with Crippen LogP contribution in [0.4, 0.5) is 0 Å². The zero-order valence-corrected chi connectivity index (χ0v) is 14.1. The summed E-state index contributed by atoms with van der Waals surface area (Å²) in [6.45, 7) is 1.71. The Bertz CT molecular complexity index is 768. The summed E-state index contributed by atoms with van der Waals surface area (Å²) in [5.41, 5.74) is 0. The Morgan fingerprint density at radius 1 is 1.62 bits per heavy atom. The van der Waals surface area contributed by atoms with Crippen molar-refractivity contribution < 1.29 is 13.2 Å². The summed E-state index contributed by atoms with van der Waals surface area (Å²) in [7, 11) is -0.908. The summed E-state index contributed by atoms with van der Waals surface area (Å²) in [6.07, 6.45) is 1.60. The Kier molecular flexibility index (Phi) is 4.57. The molecule has 1 atom stereocenters. The number of hydrogen-bond donors (Lipinski definition) is 1. The van der Waals surface area contributed by atoms with Crippen LogP contribution in [0.1, 0.15) is 6.92 Å². The van der Waals surface area contributed by atoms with E-state index in [0.717, 1.165) is 4.31 Å². The van der Waals surface area contributed by atoms with Gasteiger partial charge in [0.25, 0.3) is 10.0 Å². The predicted molar refractivity (Wildman–Crippen MR) is 81.1 cm³/mol. The number of hydrogen-bond acceptors (Lipinski definition) is 5. The molecule has 0 spiro atoms. The molecule has 2 aromatic rings. The summed E-state index contributed by atoms with van der Waals surface area (Å²) >= 11 is 7.25. The summed E-state index contributed by atoms with van der Waals surface area (Å²) in [6, 6.07) is 0. The largest absolute Gasteiger partial charge is 0.359 e. The van der Waals surface area contributed by atoms with Gasteiger partial charge in [0.2, 0.25) is 5.91 Å². The summed E-state index contributed by atoms with van der Waals surface area (Å²) in [4.78, 5) is 16.0. The molecule has 7 nitrogen and oxygen atoms in total. The molecule has 2 heterocycles. The van der Waals surface area contributed by atoms with Gasteiger partial charge in [-0.15, -0.1) is 11.3 Å². The van der Waals surface area contributed by atoms with E-state index in [1.54, 1.807) is 18.5 Å². The van der Waals surface area contributed by atoms with E-state index < -0.39 is 15.9 Å². The first-order chi connectivity index (χ1) is 9.78. The van der Waals surface area contributed by atoms with Crippen molar-refractivity contribution in [3.05, 3.63) is 16.7 Å². The second-order valence-electron chi connectivity index (χ2n) is 4.56. The highest BCUT2D eigenvalue weighted by Gasteiger charge is 2.30. The Balaban J connectivity index is 2.35. The third-order valence-electron chi connectivity index (χ3n) is 3.06. The SMILES string of the molecule is CNC(=O)C(C)CN(C)S(=O)(=O)c1c(Cl)nc2sccn12. The minimum Gasteiger partial charge on any atom is -0.359 e. The molecular weight excluding hydrogens is 336 g/mol. The van der Waals surface area contributed by atoms with Crippen molar-refractivity contribution in [3.63, 3.8) is 0 Å². The number of nitrogens with zero attached hydrogens (tertiary/aromatic N) is 3. The zero-order valence-electron chi connectivity index (χ0n) is 11.7. The number of amides is 1. The second-order valence-corrected chi connectivity index (χ2v) is 7.76. The summed E-state index contributed by atoms with van der Waals surface area (Å²) in [5, 5.41) is 4.07. The molecule has 0 aliphatic carbocycles. The van der Waals surface area contributed by atoms with Crippen molar-refractivity contribution >= 4 is 43.8 Å². The maximum Gasteiger partial charge on any atom is 0.262 e. The number of rotatable bonds is 5. The quantitative estimate of drug-likeness (QED) is 0.873. The molecule has 0 saturated carbocycles. The van der Waals surface area contributed by atoms with Gasteiger partial charge in [0.05, 0.1) is 0 Å². The van der Waals surface area contributed by atoms with Gasteiger partial charge in [-0.25, -0.2) is 13.4 Å². The monoisotopic (exact) mass is 350 g/mol. The molecule has 0 saturated heterocycles. The molecule has 2 rings (SSSR count). The van der Waals surface area contributed by atoms with E-state index in [2.05, 4.69) is 10.3 Å². The van der Waals surface area contributed by atoms with Crippen LogP contribution in [-0.4, -0.2) is 48.7 Å². The Hall–Kier alpha value is -1.16. The van der Waals surface area contributed by atoms with Gasteiger partial charge < -0.3 is 5.32 Å². The van der Waals surface area contributed by atoms with Crippen LogP contribution >= 0.6 is 22.9 Å². The maximum atomic E-state index is 12.6. The van der Waals surface area contributed by atoms with Crippen molar-refractivity contribution in [2.45, 2.75) is 11.9 Å². The third kappa shape index (κ3) is 2.91. The van der Waals surface area contributed by atoms with Gasteiger partial charge in [-0.05, 0) is 0 Å². The molecule has 0 bridgehead atoms. The average Bonchev–Trinajstić information content (AvgIpc) is 2.96. The topological polar surface area (TPSA) is 83.8 Å². The second kappa shape index (κ2) is 5.91. The molecule has 0 aliphatic heterocycles. The molecule has 0 radical (unpaired) electrons. The Labute approximate surface area is 131 Å². The van der Waals surface area contributed by atoms with Crippen molar-refractivity contribution in [3.8, 4) is 0 Å². The first-order valence-corrected chi connectivity index (χ1v) is 8.77. The molecule has 116 valence electrons. The first kappa shape index (κ1) is 16.2. The molecule has 0 fully saturated rings. The van der Waals surface area contributed by atoms with E-state index >= 15 is 0 Å². The van der Waals surface area contributed by atoms with Gasteiger partial charge in [-0.1, -0.05) is 18.5 Å². The van der Waals surface area contributed by atoms with Gasteiger partial charge in [0, 0.05) is 38.1 Å². The molecule has 1 amide bonds. The fourth-order valence-electron chi connectivity index (χ4n) is 1.93. The van der Waals surface area contributed by atoms with Crippen LogP contribution in [0.3, 0.4) is 0 Å². The number of carbonyl (C=O) groups excluding carboxylic acids is 1. The lowest BCUT2D eigenvalue weighted by atomic mass is 10.2. The van der Waals surface area contributed by atoms with Gasteiger partial charge in [0.15, 0.2) is 15.1 Å². The lowest BCUT2D eigenvalue weighted by molar-refractivity contribution is -0.124. The van der Waals surface area contributed by atoms with Crippen molar-refractivity contribution in [2.24, 2.45) is 5.92 Å². The molecule has 21 heavy (non-hydrogen) atoms. The molecule has 1 unspecified atom stereocenters. The highest BCUT2D eigenvalue weighted by Crippen LogP contribution is 2.27. The average molecular weight is 351 g/mol. The molecule has 2 aromatic heterocycles. The maximum absolute atomic E-state index is 12.6. The molecule has 0 aliphatic rings. The number of fused-ring (bicyclic) bond motifs is 1. The number of halogens is 1. The fourth-order valence-corrected chi connectivity index (χ4v) is 4.59. The molecule has 1 N–H and O–H groups in total. The van der Waals surface area contributed by atoms with Crippen molar-refractivity contribution in [1.82, 2.24) is 19.0 Å². The zero-order chi connectivity index (χ0) is 15.8. The number of aromatic nitrogens is 2. The van der Waals surface area contributed by atoms with E-state index in [4.69, 9.17) is 11.6 Å². The van der Waals surface area contributed by atoms with E-state index in [-0.39, 0.29) is 22.6 Å². The Morgan fingerprint density at radius 2 is 2.29 bits per heavy atom. The van der Waals surface area contributed by atoms with Crippen LogP contribution in [0, 0.1) is 5.92 Å². The van der Waals surface area contributed by atoms with E-state index in [1.807, 2.05) is 0 Å². The number of carbonyl (C=O) groups is 1. The van der Waals surface area contributed by atoms with Crippen molar-refractivity contribution in [1.29, 1.82) is 0 Å². The highest BCUT2D eigenvalue weighted by atomic mass is 35.5. The van der Waals surface area contributed by atoms with Gasteiger partial charge in [-0.3, -0.25) is 9.20 Å². The lowest BCUT2D eigenvalue weighted by Crippen LogP contribution is -2.37. The summed E-state index contributed by atoms with van der Waals surface area (Å²) < 4.78 is 27.8. The van der Waals surface area contributed by atoms with Crippen LogP contribution in [0.25, 0.3) is 4.96 Å². The number of thiazole rings is 1. The van der Waals surface area contributed by atoms with Crippen LogP contribution < -0.4 is 5.32 Å². The normalized spacial score (nSPS) is 13.8. The van der Waals surface area contributed by atoms with E-state index in [0.29, 0.717) is 4.96 Å². The smallest absolute Gasteiger partial charge is 0.262 e. The standard InChI is InChI=1S/C11H15ClN4O3S2/c1-7(9(17)13-2)6-15(3)21(18,19)10-8(12)14-11-16(10)4-5-20-11/h4-5,7H,6H2,1-3H3,(H,13,17). The van der Waals surface area contributed by atoms with E-state index in [9.17, 15) is 13.2 Å². The molecular formula is C11H15ClN4O3S2. The predicted octanol–water partition coefficient (Wildman–Crippen LogP) is 1.05. The summed E-state index contributed by atoms with van der Waals surface area (Å²) in [5.74, 6) is -0.698. The van der Waals surface area contributed by atoms with Crippen LogP contribution in [0.15, 0.2) is 16.6 Å². The van der Waals surface area contributed by atoms with Crippen LogP contribution in [0.2, 0.25) is 5.15 Å². The number of nitrogens with one attached hydrogen (secondary N) is 1. The number of imidazole rings is 1. The van der Waals surface area contributed by atoms with Crippen LogP contribution in [-0.2, 0) is 14.8 Å². The minimum atomic E-state index is -3.83. The van der Waals surface area contributed by atoms with E-state index in [1.165, 1.54) is 29.8 Å². The molecule has 0 aromatic carbocycles. The van der Waals surface area contributed by atoms with Crippen LogP contribution in [0.5, 0.6) is 0 Å². The Morgan fingerprint density at radius 3 is 2.90 bits per heavy atom. The highest BCUT2D eigenvalue weighted by molar-refractivity contribution is 7.89. The van der Waals surface area contributed by atoms with Gasteiger partial charge in [0.1, 0.15) is 0 Å². The van der Waals surface area contributed by atoms with Gasteiger partial charge >= 0.3 is 0 Å². The number of sulfonamides is 1. The fraction of sp³-hybridized carbons (Fsp3) is 0.455. The minimum absolute atomic E-state index is 0.0513. The first-order valence-electron chi connectivity index (χ1n) is 6.08. The lowest BCUT2D eigenvalue weighted by Gasteiger charge is -2.20. The third-order valence-corrected chi connectivity index (χ3v) is 6.04. The van der Waals surface area contributed by atoms with Crippen molar-refractivity contribution in [2.75, 3.05) is 20.6 Å². The molecule has 10 heteroatoms. The van der Waals surface area contributed by atoms with Gasteiger partial charge in [-0.2, -0.15) is 4.31 Å².